The Morgan fingerprint density at radius 2 is 1.86 bits per heavy atom. The molecule has 0 bridgehead atoms. The standard InChI is InChI=1S/C15H19N3O3/c19-14-13(10-12-4-2-1-3-5-12)16-15(20)18(14)11-17-6-8-21-9-7-17/h1-5,13H,6-11H2,(H,16,20). The van der Waals surface area contributed by atoms with Crippen LogP contribution in [0.2, 0.25) is 0 Å². The molecule has 3 amide bonds. The number of rotatable bonds is 4. The highest BCUT2D eigenvalue weighted by molar-refractivity contribution is 6.04. The molecular formula is C15H19N3O3. The molecule has 0 radical (unpaired) electrons. The van der Waals surface area contributed by atoms with E-state index in [2.05, 4.69) is 10.2 Å². The summed E-state index contributed by atoms with van der Waals surface area (Å²) in [4.78, 5) is 27.7. The molecule has 1 aromatic carbocycles. The van der Waals surface area contributed by atoms with Crippen LogP contribution in [0.25, 0.3) is 0 Å². The largest absolute Gasteiger partial charge is 0.379 e. The summed E-state index contributed by atoms with van der Waals surface area (Å²) >= 11 is 0. The van der Waals surface area contributed by atoms with Crippen LogP contribution in [0.3, 0.4) is 0 Å². The summed E-state index contributed by atoms with van der Waals surface area (Å²) in [5.41, 5.74) is 1.05. The van der Waals surface area contributed by atoms with Crippen LogP contribution in [0, 0.1) is 0 Å². The van der Waals surface area contributed by atoms with Gasteiger partial charge < -0.3 is 10.1 Å². The second-order valence-electron chi connectivity index (χ2n) is 5.33. The minimum Gasteiger partial charge on any atom is -0.379 e. The Morgan fingerprint density at radius 3 is 2.57 bits per heavy atom. The number of morpholine rings is 1. The molecule has 6 nitrogen and oxygen atoms in total. The summed E-state index contributed by atoms with van der Waals surface area (Å²) in [5, 5.41) is 2.77. The van der Waals surface area contributed by atoms with Crippen molar-refractivity contribution < 1.29 is 14.3 Å². The molecule has 0 aliphatic carbocycles. The number of hydrogen-bond donors (Lipinski definition) is 1. The average Bonchev–Trinajstić information content (AvgIpc) is 2.77. The number of hydrogen-bond acceptors (Lipinski definition) is 4. The van der Waals surface area contributed by atoms with Crippen molar-refractivity contribution in [2.75, 3.05) is 33.0 Å². The molecule has 2 aliphatic heterocycles. The van der Waals surface area contributed by atoms with Crippen LogP contribution in [-0.4, -0.2) is 60.8 Å². The first-order valence-corrected chi connectivity index (χ1v) is 7.20. The van der Waals surface area contributed by atoms with E-state index in [1.54, 1.807) is 0 Å². The van der Waals surface area contributed by atoms with Gasteiger partial charge in [0.15, 0.2) is 0 Å². The summed E-state index contributed by atoms with van der Waals surface area (Å²) in [5.74, 6) is -0.143. The summed E-state index contributed by atoms with van der Waals surface area (Å²) in [7, 11) is 0. The highest BCUT2D eigenvalue weighted by atomic mass is 16.5. The van der Waals surface area contributed by atoms with Gasteiger partial charge in [-0.1, -0.05) is 30.3 Å². The normalized spacial score (nSPS) is 23.4. The lowest BCUT2D eigenvalue weighted by molar-refractivity contribution is -0.129. The average molecular weight is 289 g/mol. The molecule has 2 heterocycles. The van der Waals surface area contributed by atoms with Gasteiger partial charge in [-0.25, -0.2) is 9.69 Å². The molecule has 2 fully saturated rings. The smallest absolute Gasteiger partial charge is 0.325 e. The number of benzene rings is 1. The number of urea groups is 1. The lowest BCUT2D eigenvalue weighted by Gasteiger charge is -2.29. The highest BCUT2D eigenvalue weighted by Gasteiger charge is 2.38. The zero-order chi connectivity index (χ0) is 14.7. The predicted octanol–water partition coefficient (Wildman–Crippen LogP) is 0.439. The van der Waals surface area contributed by atoms with E-state index in [0.29, 0.717) is 26.3 Å². The van der Waals surface area contributed by atoms with Gasteiger partial charge >= 0.3 is 6.03 Å². The van der Waals surface area contributed by atoms with Gasteiger partial charge in [0.2, 0.25) is 0 Å². The molecule has 6 heteroatoms. The quantitative estimate of drug-likeness (QED) is 0.817. The molecule has 112 valence electrons. The topological polar surface area (TPSA) is 61.9 Å². The lowest BCUT2D eigenvalue weighted by atomic mass is 10.1. The minimum absolute atomic E-state index is 0.143. The fourth-order valence-corrected chi connectivity index (χ4v) is 2.64. The van der Waals surface area contributed by atoms with E-state index in [0.717, 1.165) is 18.7 Å². The van der Waals surface area contributed by atoms with Gasteiger partial charge in [-0.3, -0.25) is 9.69 Å². The van der Waals surface area contributed by atoms with E-state index in [9.17, 15) is 9.59 Å². The summed E-state index contributed by atoms with van der Waals surface area (Å²) < 4.78 is 5.27. The molecule has 3 rings (SSSR count). The summed E-state index contributed by atoms with van der Waals surface area (Å²) in [6, 6.07) is 8.97. The maximum atomic E-state index is 12.4. The highest BCUT2D eigenvalue weighted by Crippen LogP contribution is 2.13. The maximum Gasteiger partial charge on any atom is 0.325 e. The Morgan fingerprint density at radius 1 is 1.14 bits per heavy atom. The molecule has 21 heavy (non-hydrogen) atoms. The van der Waals surface area contributed by atoms with Crippen LogP contribution < -0.4 is 5.32 Å². The third kappa shape index (κ3) is 3.22. The molecule has 0 saturated carbocycles. The van der Waals surface area contributed by atoms with Crippen molar-refractivity contribution in [2.24, 2.45) is 0 Å². The van der Waals surface area contributed by atoms with Gasteiger partial charge in [0.25, 0.3) is 5.91 Å². The lowest BCUT2D eigenvalue weighted by Crippen LogP contribution is -2.46. The molecule has 1 N–H and O–H groups in total. The van der Waals surface area contributed by atoms with Crippen molar-refractivity contribution in [3.8, 4) is 0 Å². The van der Waals surface area contributed by atoms with Crippen molar-refractivity contribution in [1.29, 1.82) is 0 Å². The Kier molecular flexibility index (Phi) is 4.17. The van der Waals surface area contributed by atoms with Gasteiger partial charge in [0, 0.05) is 19.5 Å². The van der Waals surface area contributed by atoms with Gasteiger partial charge in [-0.15, -0.1) is 0 Å². The fourth-order valence-electron chi connectivity index (χ4n) is 2.64. The van der Waals surface area contributed by atoms with E-state index in [4.69, 9.17) is 4.74 Å². The number of imide groups is 1. The Bertz CT molecular complexity index is 514. The Hall–Kier alpha value is -1.92. The van der Waals surface area contributed by atoms with E-state index < -0.39 is 6.04 Å². The Labute approximate surface area is 123 Å². The monoisotopic (exact) mass is 289 g/mol. The van der Waals surface area contributed by atoms with Crippen molar-refractivity contribution in [2.45, 2.75) is 12.5 Å². The first-order chi connectivity index (χ1) is 10.2. The molecule has 1 unspecified atom stereocenters. The van der Waals surface area contributed by atoms with Gasteiger partial charge in [-0.05, 0) is 5.56 Å². The third-order valence-corrected chi connectivity index (χ3v) is 3.83. The second-order valence-corrected chi connectivity index (χ2v) is 5.33. The zero-order valence-electron chi connectivity index (χ0n) is 11.8. The van der Waals surface area contributed by atoms with Crippen LogP contribution in [0.5, 0.6) is 0 Å². The third-order valence-electron chi connectivity index (χ3n) is 3.83. The van der Waals surface area contributed by atoms with Crippen molar-refractivity contribution in [3.63, 3.8) is 0 Å². The minimum atomic E-state index is -0.457. The van der Waals surface area contributed by atoms with Gasteiger partial charge in [-0.2, -0.15) is 0 Å². The molecular weight excluding hydrogens is 270 g/mol. The number of ether oxygens (including phenoxy) is 1. The first-order valence-electron chi connectivity index (χ1n) is 7.20. The van der Waals surface area contributed by atoms with Crippen molar-refractivity contribution in [1.82, 2.24) is 15.1 Å². The molecule has 2 saturated heterocycles. The van der Waals surface area contributed by atoms with Crippen LogP contribution in [0.15, 0.2) is 30.3 Å². The Balaban J connectivity index is 1.61. The SMILES string of the molecule is O=C1NC(Cc2ccccc2)C(=O)N1CN1CCOCC1. The van der Waals surface area contributed by atoms with Crippen LogP contribution >= 0.6 is 0 Å². The summed E-state index contributed by atoms with van der Waals surface area (Å²) in [6.07, 6.45) is 0.533. The number of amides is 3. The molecule has 0 spiro atoms. The van der Waals surface area contributed by atoms with Crippen molar-refractivity contribution >= 4 is 11.9 Å². The van der Waals surface area contributed by atoms with E-state index >= 15 is 0 Å². The van der Waals surface area contributed by atoms with Gasteiger partial charge in [0.1, 0.15) is 6.04 Å². The van der Waals surface area contributed by atoms with Crippen LogP contribution in [0.1, 0.15) is 5.56 Å². The zero-order valence-corrected chi connectivity index (χ0v) is 11.8. The summed E-state index contributed by atoms with van der Waals surface area (Å²) in [6.45, 7) is 3.15. The number of nitrogens with zero attached hydrogens (tertiary/aromatic N) is 2. The number of carbonyl (C=O) groups is 2. The fraction of sp³-hybridized carbons (Fsp3) is 0.467. The molecule has 1 atom stereocenters. The molecule has 2 aliphatic rings. The molecule has 0 aromatic heterocycles. The van der Waals surface area contributed by atoms with Crippen LogP contribution in [-0.2, 0) is 16.0 Å². The predicted molar refractivity (Wildman–Crippen MR) is 76.6 cm³/mol. The van der Waals surface area contributed by atoms with Crippen molar-refractivity contribution in [3.05, 3.63) is 35.9 Å². The van der Waals surface area contributed by atoms with E-state index in [1.807, 2.05) is 30.3 Å². The van der Waals surface area contributed by atoms with E-state index in [-0.39, 0.29) is 11.9 Å². The number of carbonyl (C=O) groups excluding carboxylic acids is 2. The first kappa shape index (κ1) is 14.0. The molecule has 1 aromatic rings. The number of nitrogens with one attached hydrogen (secondary N) is 1. The second kappa shape index (κ2) is 6.24. The van der Waals surface area contributed by atoms with Gasteiger partial charge in [0.05, 0.1) is 19.9 Å². The van der Waals surface area contributed by atoms with E-state index in [1.165, 1.54) is 4.90 Å². The van der Waals surface area contributed by atoms with Crippen LogP contribution in [0.4, 0.5) is 4.79 Å². The maximum absolute atomic E-state index is 12.4.